The van der Waals surface area contributed by atoms with E-state index in [0.29, 0.717) is 17.4 Å². The molecule has 0 atom stereocenters. The highest BCUT2D eigenvalue weighted by molar-refractivity contribution is 7.27. The number of hydrogen-bond donors (Lipinski definition) is 0. The monoisotopic (exact) mass is 595 g/mol. The summed E-state index contributed by atoms with van der Waals surface area (Å²) in [6.07, 6.45) is 0. The van der Waals surface area contributed by atoms with Gasteiger partial charge in [0.2, 0.25) is 5.95 Å². The minimum absolute atomic E-state index is 0.343. The molecule has 0 saturated heterocycles. The van der Waals surface area contributed by atoms with Crippen LogP contribution < -0.4 is 5.69 Å². The first-order valence-corrected chi connectivity index (χ1v) is 15.6. The summed E-state index contributed by atoms with van der Waals surface area (Å²) < 4.78 is 5.99. The summed E-state index contributed by atoms with van der Waals surface area (Å²) in [5.74, 6) is 0.858. The van der Waals surface area contributed by atoms with E-state index in [0.717, 1.165) is 48.4 Å². The maximum atomic E-state index is 14.2. The molecule has 210 valence electrons. The van der Waals surface area contributed by atoms with E-state index < -0.39 is 5.69 Å². The highest BCUT2D eigenvalue weighted by Crippen LogP contribution is 2.47. The van der Waals surface area contributed by atoms with Crippen molar-refractivity contribution in [2.45, 2.75) is 0 Å². The smallest absolute Gasteiger partial charge is 0.276 e. The lowest BCUT2D eigenvalue weighted by atomic mass is 9.99. The van der Waals surface area contributed by atoms with Crippen LogP contribution in [0.25, 0.3) is 86.6 Å². The molecule has 6 aromatic carbocycles. The van der Waals surface area contributed by atoms with E-state index in [1.54, 1.807) is 15.7 Å². The molecule has 4 heterocycles. The molecule has 0 aliphatic heterocycles. The summed E-state index contributed by atoms with van der Waals surface area (Å²) in [6.45, 7) is 0. The summed E-state index contributed by atoms with van der Waals surface area (Å²) in [6, 6.07) is 43.1. The molecule has 0 aliphatic carbocycles. The summed E-state index contributed by atoms with van der Waals surface area (Å²) in [5.41, 5.74) is 3.65. The molecule has 0 saturated carbocycles. The van der Waals surface area contributed by atoms with Gasteiger partial charge in [-0.2, -0.15) is 9.97 Å². The van der Waals surface area contributed by atoms with Crippen LogP contribution in [0, 0.1) is 0 Å². The Balaban J connectivity index is 1.43. The van der Waals surface area contributed by atoms with Crippen LogP contribution in [0.2, 0.25) is 0 Å². The van der Waals surface area contributed by atoms with Gasteiger partial charge in [0.05, 0.1) is 21.3 Å². The molecule has 0 aliphatic rings. The van der Waals surface area contributed by atoms with Crippen LogP contribution in [0.1, 0.15) is 0 Å². The third-order valence-corrected chi connectivity index (χ3v) is 9.95. The molecule has 0 amide bonds. The number of hydrogen-bond acceptors (Lipinski definition) is 5. The molecule has 0 N–H and O–H groups in total. The summed E-state index contributed by atoms with van der Waals surface area (Å²) in [4.78, 5) is 29.0. The van der Waals surface area contributed by atoms with E-state index in [1.807, 2.05) is 60.7 Å². The Labute approximate surface area is 259 Å². The summed E-state index contributed by atoms with van der Waals surface area (Å²) in [5, 5.41) is 7.82. The SMILES string of the molecule is O=c1nc(-n2c3ccccc3c3c4ccccc4c4c5ccccc5sc4c32)nc2c3ccccc3nc(-c3ccccc3)n12. The highest BCUT2D eigenvalue weighted by Gasteiger charge is 2.24. The van der Waals surface area contributed by atoms with Gasteiger partial charge in [0.25, 0.3) is 0 Å². The van der Waals surface area contributed by atoms with Crippen LogP contribution in [0.4, 0.5) is 0 Å². The van der Waals surface area contributed by atoms with Crippen molar-refractivity contribution in [2.75, 3.05) is 0 Å². The fraction of sp³-hybridized carbons (Fsp3) is 0. The van der Waals surface area contributed by atoms with E-state index in [-0.39, 0.29) is 0 Å². The van der Waals surface area contributed by atoms with Crippen LogP contribution in [0.3, 0.4) is 0 Å². The van der Waals surface area contributed by atoms with Gasteiger partial charge in [-0.05, 0) is 35.0 Å². The molecule has 7 heteroatoms. The second kappa shape index (κ2) is 9.05. The molecule has 45 heavy (non-hydrogen) atoms. The van der Waals surface area contributed by atoms with Crippen molar-refractivity contribution in [3.8, 4) is 17.3 Å². The van der Waals surface area contributed by atoms with Gasteiger partial charge >= 0.3 is 5.69 Å². The normalized spacial score (nSPS) is 12.1. The maximum Gasteiger partial charge on any atom is 0.358 e. The first kappa shape index (κ1) is 24.5. The highest BCUT2D eigenvalue weighted by atomic mass is 32.1. The molecule has 0 unspecified atom stereocenters. The van der Waals surface area contributed by atoms with Crippen LogP contribution in [0.15, 0.2) is 132 Å². The molecule has 0 fully saturated rings. The Morgan fingerprint density at radius 1 is 0.556 bits per heavy atom. The fourth-order valence-corrected chi connectivity index (χ4v) is 8.17. The van der Waals surface area contributed by atoms with Crippen molar-refractivity contribution < 1.29 is 0 Å². The molecular formula is C38H21N5OS. The zero-order chi connectivity index (χ0) is 29.6. The molecular weight excluding hydrogens is 575 g/mol. The molecule has 10 aromatic rings. The molecule has 10 rings (SSSR count). The van der Waals surface area contributed by atoms with Gasteiger partial charge in [-0.1, -0.05) is 103 Å². The second-order valence-electron chi connectivity index (χ2n) is 11.2. The van der Waals surface area contributed by atoms with Crippen LogP contribution in [-0.4, -0.2) is 23.9 Å². The van der Waals surface area contributed by atoms with Gasteiger partial charge in [-0.15, -0.1) is 11.3 Å². The van der Waals surface area contributed by atoms with Crippen molar-refractivity contribution in [3.63, 3.8) is 0 Å². The predicted octanol–water partition coefficient (Wildman–Crippen LogP) is 8.92. The number of aromatic nitrogens is 5. The van der Waals surface area contributed by atoms with Gasteiger partial charge in [0, 0.05) is 37.2 Å². The minimum atomic E-state index is -0.425. The van der Waals surface area contributed by atoms with Crippen molar-refractivity contribution >= 4 is 80.6 Å². The number of fused-ring (bicyclic) bond motifs is 13. The summed E-state index contributed by atoms with van der Waals surface area (Å²) in [7, 11) is 0. The van der Waals surface area contributed by atoms with Crippen molar-refractivity contribution in [2.24, 2.45) is 0 Å². The van der Waals surface area contributed by atoms with E-state index in [1.165, 1.54) is 20.9 Å². The first-order valence-electron chi connectivity index (χ1n) is 14.8. The number of rotatable bonds is 2. The fourth-order valence-electron chi connectivity index (χ4n) is 6.91. The van der Waals surface area contributed by atoms with Crippen LogP contribution in [-0.2, 0) is 0 Å². The average molecular weight is 596 g/mol. The average Bonchev–Trinajstić information content (AvgIpc) is 3.65. The maximum absolute atomic E-state index is 14.2. The van der Waals surface area contributed by atoms with Gasteiger partial charge in [0.15, 0.2) is 11.5 Å². The lowest BCUT2D eigenvalue weighted by molar-refractivity contribution is 0.884. The van der Waals surface area contributed by atoms with Gasteiger partial charge in [-0.3, -0.25) is 4.57 Å². The lowest BCUT2D eigenvalue weighted by Gasteiger charge is -2.13. The third-order valence-electron chi connectivity index (χ3n) is 8.77. The third kappa shape index (κ3) is 3.33. The van der Waals surface area contributed by atoms with Crippen LogP contribution >= 0.6 is 11.3 Å². The van der Waals surface area contributed by atoms with Gasteiger partial charge < -0.3 is 0 Å². The van der Waals surface area contributed by atoms with Gasteiger partial charge in [-0.25, -0.2) is 14.2 Å². The number of thiophene rings is 1. The Morgan fingerprint density at radius 3 is 2.02 bits per heavy atom. The quantitative estimate of drug-likeness (QED) is 0.187. The molecule has 0 radical (unpaired) electrons. The standard InChI is InChI=1S/C38H21N5OS/c44-38-41-37(40-36-25-16-6-9-19-28(25)39-35(43(36)38)22-12-2-1-3-13-22)42-29-20-10-7-17-26(29)31-23-14-4-5-15-24(23)32-27-18-8-11-21-30(27)45-34(32)33(31)42/h1-21H. The van der Waals surface area contributed by atoms with Crippen molar-refractivity contribution in [3.05, 3.63) is 138 Å². The Morgan fingerprint density at radius 2 is 1.20 bits per heavy atom. The number of nitrogens with zero attached hydrogens (tertiary/aromatic N) is 5. The zero-order valence-electron chi connectivity index (χ0n) is 23.7. The Hall–Kier alpha value is -5.92. The van der Waals surface area contributed by atoms with Crippen molar-refractivity contribution in [1.29, 1.82) is 0 Å². The lowest BCUT2D eigenvalue weighted by Crippen LogP contribution is -2.24. The van der Waals surface area contributed by atoms with E-state index in [9.17, 15) is 4.79 Å². The Bertz CT molecular complexity index is 2900. The van der Waals surface area contributed by atoms with E-state index in [2.05, 4.69) is 71.3 Å². The van der Waals surface area contributed by atoms with E-state index >= 15 is 0 Å². The van der Waals surface area contributed by atoms with Gasteiger partial charge in [0.1, 0.15) is 0 Å². The molecule has 0 bridgehead atoms. The molecule has 6 nitrogen and oxygen atoms in total. The summed E-state index contributed by atoms with van der Waals surface area (Å²) >= 11 is 1.77. The predicted molar refractivity (Wildman–Crippen MR) is 185 cm³/mol. The number of benzene rings is 6. The first-order chi connectivity index (χ1) is 22.3. The number of para-hydroxylation sites is 2. The van der Waals surface area contributed by atoms with Crippen molar-refractivity contribution in [1.82, 2.24) is 23.9 Å². The molecule has 4 aromatic heterocycles. The second-order valence-corrected chi connectivity index (χ2v) is 12.3. The van der Waals surface area contributed by atoms with E-state index in [4.69, 9.17) is 15.0 Å². The minimum Gasteiger partial charge on any atom is -0.276 e. The zero-order valence-corrected chi connectivity index (χ0v) is 24.5. The van der Waals surface area contributed by atoms with Crippen LogP contribution in [0.5, 0.6) is 0 Å². The largest absolute Gasteiger partial charge is 0.358 e. The topological polar surface area (TPSA) is 65.1 Å². The Kier molecular flexibility index (Phi) is 4.93. The molecule has 0 spiro atoms.